The van der Waals surface area contributed by atoms with Crippen molar-refractivity contribution in [1.82, 2.24) is 4.72 Å². The molecule has 2 N–H and O–H groups in total. The van der Waals surface area contributed by atoms with E-state index in [0.717, 1.165) is 57.6 Å². The number of unbranched alkanes of at least 4 members (excludes halogenated alkanes) is 2. The van der Waals surface area contributed by atoms with Crippen molar-refractivity contribution in [2.45, 2.75) is 77.2 Å². The van der Waals surface area contributed by atoms with Crippen molar-refractivity contribution in [3.8, 4) is 0 Å². The molecule has 0 bridgehead atoms. The van der Waals surface area contributed by atoms with Gasteiger partial charge < -0.3 is 5.11 Å². The van der Waals surface area contributed by atoms with Gasteiger partial charge in [-0.05, 0) is 44.9 Å². The molecule has 6 heteroatoms. The molecule has 1 rings (SSSR count). The third-order valence-electron chi connectivity index (χ3n) is 4.48. The van der Waals surface area contributed by atoms with Crippen LogP contribution in [0.5, 0.6) is 0 Å². The van der Waals surface area contributed by atoms with E-state index in [4.69, 9.17) is 0 Å². The van der Waals surface area contributed by atoms with Crippen LogP contribution in [0, 0.1) is 0 Å². The number of amides is 1. The summed E-state index contributed by atoms with van der Waals surface area (Å²) in [5.74, 6) is -0.450. The number of nitrogens with one attached hydrogen (secondary N) is 1. The van der Waals surface area contributed by atoms with Crippen LogP contribution in [0.2, 0.25) is 0 Å². The molecule has 0 aromatic carbocycles. The van der Waals surface area contributed by atoms with E-state index >= 15 is 0 Å². The lowest BCUT2D eigenvalue weighted by atomic mass is 9.93. The number of carbonyl (C=O) groups excluding carboxylic acids is 1. The fraction of sp³-hybridized carbons (Fsp3) is 0.591. The van der Waals surface area contributed by atoms with E-state index in [1.807, 2.05) is 10.8 Å². The Morgan fingerprint density at radius 1 is 1.18 bits per heavy atom. The molecule has 1 atom stereocenters. The van der Waals surface area contributed by atoms with Gasteiger partial charge in [-0.3, -0.25) is 9.52 Å². The van der Waals surface area contributed by atoms with Gasteiger partial charge in [0.05, 0.1) is 12.4 Å². The van der Waals surface area contributed by atoms with Gasteiger partial charge in [-0.15, -0.1) is 0 Å². The van der Waals surface area contributed by atoms with Crippen molar-refractivity contribution in [2.75, 3.05) is 6.26 Å². The first kappa shape index (κ1) is 24.4. The van der Waals surface area contributed by atoms with Crippen LogP contribution in [0.3, 0.4) is 0 Å². The second-order valence-electron chi connectivity index (χ2n) is 7.34. The molecule has 0 aromatic rings. The Labute approximate surface area is 170 Å². The SMILES string of the molecule is CCCCC(O)/C=C/CC1=CCC=C(C/C=C/CCCC(=O)NS(C)(=O)=O)C1. The van der Waals surface area contributed by atoms with Gasteiger partial charge >= 0.3 is 0 Å². The van der Waals surface area contributed by atoms with E-state index in [-0.39, 0.29) is 12.5 Å². The zero-order valence-corrected chi connectivity index (χ0v) is 18.0. The Balaban J connectivity index is 2.22. The Kier molecular flexibility index (Phi) is 11.8. The number of aliphatic hydroxyl groups excluding tert-OH is 1. The minimum absolute atomic E-state index is 0.212. The normalized spacial score (nSPS) is 16.2. The van der Waals surface area contributed by atoms with E-state index in [1.165, 1.54) is 11.1 Å². The number of allylic oxidation sites excluding steroid dienone is 7. The number of rotatable bonds is 13. The van der Waals surface area contributed by atoms with Crippen LogP contribution in [0.4, 0.5) is 0 Å². The number of aliphatic hydroxyl groups is 1. The van der Waals surface area contributed by atoms with Crippen LogP contribution in [-0.4, -0.2) is 31.8 Å². The van der Waals surface area contributed by atoms with Gasteiger partial charge in [0.25, 0.3) is 0 Å². The molecule has 1 aliphatic carbocycles. The summed E-state index contributed by atoms with van der Waals surface area (Å²) in [6, 6.07) is 0. The number of carbonyl (C=O) groups is 1. The fourth-order valence-electron chi connectivity index (χ4n) is 3.02. The number of hydrogen-bond donors (Lipinski definition) is 2. The van der Waals surface area contributed by atoms with E-state index in [0.29, 0.717) is 6.42 Å². The lowest BCUT2D eigenvalue weighted by Crippen LogP contribution is -2.28. The van der Waals surface area contributed by atoms with E-state index in [2.05, 4.69) is 37.3 Å². The quantitative estimate of drug-likeness (QED) is 0.350. The van der Waals surface area contributed by atoms with Crippen molar-refractivity contribution in [1.29, 1.82) is 0 Å². The molecule has 5 nitrogen and oxygen atoms in total. The molecular weight excluding hydrogens is 374 g/mol. The maximum absolute atomic E-state index is 11.4. The Hall–Kier alpha value is -1.66. The largest absolute Gasteiger partial charge is 0.389 e. The molecule has 0 aromatic heterocycles. The summed E-state index contributed by atoms with van der Waals surface area (Å²) < 4.78 is 23.9. The maximum atomic E-state index is 11.4. The van der Waals surface area contributed by atoms with Gasteiger partial charge in [-0.25, -0.2) is 8.42 Å². The molecule has 0 fully saturated rings. The second-order valence-corrected chi connectivity index (χ2v) is 9.09. The van der Waals surface area contributed by atoms with Crippen LogP contribution in [0.25, 0.3) is 0 Å². The average Bonchev–Trinajstić information content (AvgIpc) is 2.62. The van der Waals surface area contributed by atoms with Crippen molar-refractivity contribution in [2.24, 2.45) is 0 Å². The standard InChI is InChI=1S/C22H35NO4S/c1-3-4-15-21(24)16-10-14-20-13-9-12-19(18-20)11-7-5-6-8-17-22(25)23-28(2,26)27/h5,7,10,12-13,16,21,24H,3-4,6,8-9,11,14-15,17-18H2,1-2H3,(H,23,25)/b7-5+,16-10+. The Bertz CT molecular complexity index is 702. The molecule has 1 aliphatic rings. The smallest absolute Gasteiger partial charge is 0.233 e. The highest BCUT2D eigenvalue weighted by atomic mass is 32.2. The first-order chi connectivity index (χ1) is 13.3. The lowest BCUT2D eigenvalue weighted by Gasteiger charge is -2.13. The van der Waals surface area contributed by atoms with Crippen LogP contribution >= 0.6 is 0 Å². The molecule has 158 valence electrons. The molecule has 1 amide bonds. The summed E-state index contributed by atoms with van der Waals surface area (Å²) in [5.41, 5.74) is 2.78. The van der Waals surface area contributed by atoms with Crippen molar-refractivity contribution in [3.63, 3.8) is 0 Å². The molecule has 0 saturated carbocycles. The van der Waals surface area contributed by atoms with Crippen LogP contribution < -0.4 is 4.72 Å². The highest BCUT2D eigenvalue weighted by Crippen LogP contribution is 2.24. The van der Waals surface area contributed by atoms with E-state index in [1.54, 1.807) is 0 Å². The van der Waals surface area contributed by atoms with Crippen LogP contribution in [-0.2, 0) is 14.8 Å². The highest BCUT2D eigenvalue weighted by Gasteiger charge is 2.07. The highest BCUT2D eigenvalue weighted by molar-refractivity contribution is 7.89. The summed E-state index contributed by atoms with van der Waals surface area (Å²) in [6.07, 6.45) is 21.6. The van der Waals surface area contributed by atoms with Crippen molar-refractivity contribution >= 4 is 15.9 Å². The molecule has 0 aliphatic heterocycles. The predicted molar refractivity (Wildman–Crippen MR) is 115 cm³/mol. The molecule has 0 saturated heterocycles. The lowest BCUT2D eigenvalue weighted by molar-refractivity contribution is -0.119. The minimum atomic E-state index is -3.46. The van der Waals surface area contributed by atoms with Crippen molar-refractivity contribution in [3.05, 3.63) is 47.6 Å². The number of sulfonamides is 1. The van der Waals surface area contributed by atoms with Crippen molar-refractivity contribution < 1.29 is 18.3 Å². The average molecular weight is 410 g/mol. The molecule has 0 radical (unpaired) electrons. The number of hydrogen-bond acceptors (Lipinski definition) is 4. The second kappa shape index (κ2) is 13.5. The molecule has 0 heterocycles. The molecule has 0 spiro atoms. The minimum Gasteiger partial charge on any atom is -0.389 e. The Morgan fingerprint density at radius 2 is 1.86 bits per heavy atom. The summed E-state index contributed by atoms with van der Waals surface area (Å²) in [6.45, 7) is 2.13. The van der Waals surface area contributed by atoms with Crippen LogP contribution in [0.15, 0.2) is 47.6 Å². The summed E-state index contributed by atoms with van der Waals surface area (Å²) in [7, 11) is -3.46. The third kappa shape index (κ3) is 12.7. The van der Waals surface area contributed by atoms with Gasteiger partial charge in [-0.2, -0.15) is 0 Å². The Morgan fingerprint density at radius 3 is 2.50 bits per heavy atom. The zero-order chi connectivity index (χ0) is 20.8. The molecular formula is C22H35NO4S. The predicted octanol–water partition coefficient (Wildman–Crippen LogP) is 4.32. The van der Waals surface area contributed by atoms with Gasteiger partial charge in [0.1, 0.15) is 0 Å². The summed E-state index contributed by atoms with van der Waals surface area (Å²) >= 11 is 0. The summed E-state index contributed by atoms with van der Waals surface area (Å²) in [4.78, 5) is 11.4. The fourth-order valence-corrected chi connectivity index (χ4v) is 3.53. The van der Waals surface area contributed by atoms with E-state index in [9.17, 15) is 18.3 Å². The van der Waals surface area contributed by atoms with Gasteiger partial charge in [0.15, 0.2) is 0 Å². The topological polar surface area (TPSA) is 83.5 Å². The first-order valence-corrected chi connectivity index (χ1v) is 12.1. The van der Waals surface area contributed by atoms with Gasteiger partial charge in [-0.1, -0.05) is 67.4 Å². The van der Waals surface area contributed by atoms with Gasteiger partial charge in [0, 0.05) is 6.42 Å². The zero-order valence-electron chi connectivity index (χ0n) is 17.2. The van der Waals surface area contributed by atoms with Gasteiger partial charge in [0.2, 0.25) is 15.9 Å². The molecule has 1 unspecified atom stereocenters. The maximum Gasteiger partial charge on any atom is 0.233 e. The third-order valence-corrected chi connectivity index (χ3v) is 5.08. The monoisotopic (exact) mass is 409 g/mol. The molecule has 28 heavy (non-hydrogen) atoms. The van der Waals surface area contributed by atoms with Crippen LogP contribution in [0.1, 0.15) is 71.1 Å². The van der Waals surface area contributed by atoms with E-state index < -0.39 is 15.9 Å². The first-order valence-electron chi connectivity index (χ1n) is 10.2. The summed E-state index contributed by atoms with van der Waals surface area (Å²) in [5, 5.41) is 9.86.